The summed E-state index contributed by atoms with van der Waals surface area (Å²) in [4.78, 5) is 35.6. The maximum atomic E-state index is 13.0. The van der Waals surface area contributed by atoms with Gasteiger partial charge in [-0.3, -0.25) is 9.59 Å². The first kappa shape index (κ1) is 19.6. The molecule has 1 aromatic carbocycles. The van der Waals surface area contributed by atoms with E-state index in [1.165, 1.54) is 11.3 Å². The third kappa shape index (κ3) is 4.18. The first-order valence-electron chi connectivity index (χ1n) is 9.38. The molecule has 4 rings (SSSR count). The standard InChI is InChI=1S/C21H21N3O3S2/c1-27-16-7-3-2-6-15(16)20(25)23-9-5-10-24(12-11-23)21(26)18-14-22-19(29-18)17-8-4-13-28-17/h2-4,6-8,13-14H,5,9-12H2,1H3. The topological polar surface area (TPSA) is 62.7 Å². The van der Waals surface area contributed by atoms with Gasteiger partial charge in [0.15, 0.2) is 0 Å². The van der Waals surface area contributed by atoms with Gasteiger partial charge in [-0.25, -0.2) is 4.98 Å². The maximum absolute atomic E-state index is 13.0. The first-order chi connectivity index (χ1) is 14.2. The molecular formula is C21H21N3O3S2. The van der Waals surface area contributed by atoms with Crippen molar-refractivity contribution in [3.05, 3.63) is 58.4 Å². The second kappa shape index (κ2) is 8.75. The van der Waals surface area contributed by atoms with Crippen LogP contribution < -0.4 is 4.74 Å². The maximum Gasteiger partial charge on any atom is 0.265 e. The molecule has 0 atom stereocenters. The molecule has 0 saturated carbocycles. The summed E-state index contributed by atoms with van der Waals surface area (Å²) in [7, 11) is 1.56. The molecule has 150 valence electrons. The van der Waals surface area contributed by atoms with Crippen molar-refractivity contribution in [2.45, 2.75) is 6.42 Å². The van der Waals surface area contributed by atoms with Crippen LogP contribution in [-0.2, 0) is 0 Å². The van der Waals surface area contributed by atoms with Crippen molar-refractivity contribution in [2.75, 3.05) is 33.3 Å². The number of carbonyl (C=O) groups is 2. The normalized spacial score (nSPS) is 14.5. The smallest absolute Gasteiger partial charge is 0.265 e. The fraction of sp³-hybridized carbons (Fsp3) is 0.286. The minimum atomic E-state index is -0.0606. The summed E-state index contributed by atoms with van der Waals surface area (Å²) < 4.78 is 5.32. The molecule has 0 radical (unpaired) electrons. The molecule has 0 aliphatic carbocycles. The summed E-state index contributed by atoms with van der Waals surface area (Å²) >= 11 is 3.03. The highest BCUT2D eigenvalue weighted by atomic mass is 32.1. The number of benzene rings is 1. The summed E-state index contributed by atoms with van der Waals surface area (Å²) in [5.41, 5.74) is 0.554. The average Bonchev–Trinajstić information content (AvgIpc) is 3.40. The number of rotatable bonds is 4. The third-order valence-corrected chi connectivity index (χ3v) is 6.88. The molecule has 6 nitrogen and oxygen atoms in total. The van der Waals surface area contributed by atoms with Crippen LogP contribution in [0, 0.1) is 0 Å². The van der Waals surface area contributed by atoms with Crippen molar-refractivity contribution >= 4 is 34.5 Å². The molecule has 2 amide bonds. The van der Waals surface area contributed by atoms with Gasteiger partial charge < -0.3 is 14.5 Å². The van der Waals surface area contributed by atoms with Crippen molar-refractivity contribution in [1.82, 2.24) is 14.8 Å². The lowest BCUT2D eigenvalue weighted by atomic mass is 10.1. The minimum Gasteiger partial charge on any atom is -0.496 e. The second-order valence-electron chi connectivity index (χ2n) is 6.65. The minimum absolute atomic E-state index is 0.0168. The summed E-state index contributed by atoms with van der Waals surface area (Å²) in [6.45, 7) is 2.25. The zero-order chi connectivity index (χ0) is 20.2. The fourth-order valence-electron chi connectivity index (χ4n) is 3.36. The first-order valence-corrected chi connectivity index (χ1v) is 11.1. The highest BCUT2D eigenvalue weighted by Gasteiger charge is 2.26. The molecule has 3 aromatic rings. The van der Waals surface area contributed by atoms with Crippen LogP contribution in [0.4, 0.5) is 0 Å². The molecule has 1 aliphatic rings. The van der Waals surface area contributed by atoms with Gasteiger partial charge in [0, 0.05) is 26.2 Å². The van der Waals surface area contributed by atoms with E-state index in [4.69, 9.17) is 4.74 Å². The zero-order valence-electron chi connectivity index (χ0n) is 16.0. The average molecular weight is 428 g/mol. The lowest BCUT2D eigenvalue weighted by molar-refractivity contribution is 0.0719. The fourth-order valence-corrected chi connectivity index (χ4v) is 5.05. The van der Waals surface area contributed by atoms with Gasteiger partial charge in [0.05, 0.1) is 23.7 Å². The van der Waals surface area contributed by atoms with Crippen LogP contribution in [0.1, 0.15) is 26.5 Å². The van der Waals surface area contributed by atoms with E-state index in [0.717, 1.165) is 16.3 Å². The van der Waals surface area contributed by atoms with Crippen LogP contribution in [0.15, 0.2) is 48.0 Å². The van der Waals surface area contributed by atoms with Gasteiger partial charge in [-0.1, -0.05) is 18.2 Å². The second-order valence-corrected chi connectivity index (χ2v) is 8.62. The Hall–Kier alpha value is -2.71. The van der Waals surface area contributed by atoms with Crippen molar-refractivity contribution in [2.24, 2.45) is 0 Å². The Labute approximate surface area is 177 Å². The molecule has 0 unspecified atom stereocenters. The lowest BCUT2D eigenvalue weighted by Crippen LogP contribution is -2.37. The SMILES string of the molecule is COc1ccccc1C(=O)N1CCCN(C(=O)c2cnc(-c3cccs3)s2)CC1. The lowest BCUT2D eigenvalue weighted by Gasteiger charge is -2.22. The summed E-state index contributed by atoms with van der Waals surface area (Å²) in [6, 6.07) is 11.2. The Balaban J connectivity index is 1.43. The van der Waals surface area contributed by atoms with Gasteiger partial charge in [-0.05, 0) is 30.0 Å². The van der Waals surface area contributed by atoms with Crippen molar-refractivity contribution in [3.8, 4) is 15.6 Å². The number of para-hydroxylation sites is 1. The molecule has 1 fully saturated rings. The van der Waals surface area contributed by atoms with Gasteiger partial charge >= 0.3 is 0 Å². The summed E-state index contributed by atoms with van der Waals surface area (Å²) in [6.07, 6.45) is 2.40. The van der Waals surface area contributed by atoms with E-state index in [9.17, 15) is 9.59 Å². The highest BCUT2D eigenvalue weighted by molar-refractivity contribution is 7.21. The Morgan fingerprint density at radius 1 is 1.00 bits per heavy atom. The number of carbonyl (C=O) groups excluding carboxylic acids is 2. The number of methoxy groups -OCH3 is 1. The van der Waals surface area contributed by atoms with Crippen LogP contribution in [0.3, 0.4) is 0 Å². The number of hydrogen-bond acceptors (Lipinski definition) is 6. The molecule has 1 aliphatic heterocycles. The van der Waals surface area contributed by atoms with Gasteiger partial charge in [-0.2, -0.15) is 0 Å². The molecule has 1 saturated heterocycles. The number of hydrogen-bond donors (Lipinski definition) is 0. The van der Waals surface area contributed by atoms with Gasteiger partial charge in [0.2, 0.25) is 0 Å². The van der Waals surface area contributed by atoms with E-state index < -0.39 is 0 Å². The van der Waals surface area contributed by atoms with E-state index in [2.05, 4.69) is 4.98 Å². The Bertz CT molecular complexity index is 1000. The molecule has 0 spiro atoms. The van der Waals surface area contributed by atoms with Gasteiger partial charge in [-0.15, -0.1) is 22.7 Å². The van der Waals surface area contributed by atoms with E-state index in [1.807, 2.05) is 34.5 Å². The monoisotopic (exact) mass is 427 g/mol. The molecule has 2 aromatic heterocycles. The van der Waals surface area contributed by atoms with Crippen molar-refractivity contribution in [3.63, 3.8) is 0 Å². The number of thiazole rings is 1. The van der Waals surface area contributed by atoms with E-state index in [-0.39, 0.29) is 11.8 Å². The number of amides is 2. The molecule has 0 bridgehead atoms. The number of ether oxygens (including phenoxy) is 1. The predicted octanol–water partition coefficient (Wildman–Crippen LogP) is 3.87. The van der Waals surface area contributed by atoms with E-state index in [1.54, 1.807) is 41.7 Å². The molecule has 0 N–H and O–H groups in total. The highest BCUT2D eigenvalue weighted by Crippen LogP contribution is 2.29. The third-order valence-electron chi connectivity index (χ3n) is 4.86. The van der Waals surface area contributed by atoms with Crippen LogP contribution in [0.5, 0.6) is 5.75 Å². The predicted molar refractivity (Wildman–Crippen MR) is 115 cm³/mol. The van der Waals surface area contributed by atoms with Crippen molar-refractivity contribution in [1.29, 1.82) is 0 Å². The Morgan fingerprint density at radius 3 is 2.48 bits per heavy atom. The van der Waals surface area contributed by atoms with Crippen LogP contribution in [-0.4, -0.2) is 59.9 Å². The zero-order valence-corrected chi connectivity index (χ0v) is 17.7. The van der Waals surface area contributed by atoms with Gasteiger partial charge in [0.1, 0.15) is 15.6 Å². The van der Waals surface area contributed by atoms with E-state index in [0.29, 0.717) is 42.4 Å². The van der Waals surface area contributed by atoms with Crippen molar-refractivity contribution < 1.29 is 14.3 Å². The summed E-state index contributed by atoms with van der Waals surface area (Å²) in [5, 5.41) is 2.87. The number of thiophene rings is 1. The van der Waals surface area contributed by atoms with Gasteiger partial charge in [0.25, 0.3) is 11.8 Å². The van der Waals surface area contributed by atoms with Crippen LogP contribution >= 0.6 is 22.7 Å². The van der Waals surface area contributed by atoms with E-state index >= 15 is 0 Å². The number of nitrogens with zero attached hydrogens (tertiary/aromatic N) is 3. The summed E-state index contributed by atoms with van der Waals surface area (Å²) in [5.74, 6) is 0.492. The molecule has 29 heavy (non-hydrogen) atoms. The number of aromatic nitrogens is 1. The Kier molecular flexibility index (Phi) is 5.92. The van der Waals surface area contributed by atoms with Crippen LogP contribution in [0.2, 0.25) is 0 Å². The van der Waals surface area contributed by atoms with Crippen LogP contribution in [0.25, 0.3) is 9.88 Å². The molecule has 8 heteroatoms. The quantitative estimate of drug-likeness (QED) is 0.634. The molecular weight excluding hydrogens is 406 g/mol. The largest absolute Gasteiger partial charge is 0.496 e. The Morgan fingerprint density at radius 2 is 1.76 bits per heavy atom. The molecule has 3 heterocycles.